The molecule has 0 amide bonds. The molecule has 0 radical (unpaired) electrons. The first kappa shape index (κ1) is 13.4. The van der Waals surface area contributed by atoms with Crippen molar-refractivity contribution in [2.45, 2.75) is 25.1 Å². The quantitative estimate of drug-likeness (QED) is 0.839. The van der Waals surface area contributed by atoms with Crippen LogP contribution < -0.4 is 0 Å². The van der Waals surface area contributed by atoms with Gasteiger partial charge in [0.1, 0.15) is 11.9 Å². The Morgan fingerprint density at radius 3 is 3.11 bits per heavy atom. The Balaban J connectivity index is 2.07. The lowest BCUT2D eigenvalue weighted by molar-refractivity contribution is 0.269. The molecule has 0 N–H and O–H groups in total. The minimum absolute atomic E-state index is 0.144. The fourth-order valence-electron chi connectivity index (χ4n) is 2.20. The summed E-state index contributed by atoms with van der Waals surface area (Å²) in [6.07, 6.45) is 1.15. The van der Waals surface area contributed by atoms with Crippen molar-refractivity contribution in [3.63, 3.8) is 0 Å². The average molecular weight is 264 g/mol. The first-order valence-corrected chi connectivity index (χ1v) is 7.31. The summed E-state index contributed by atoms with van der Waals surface area (Å²) in [7, 11) is 0. The molecule has 0 bridgehead atoms. The van der Waals surface area contributed by atoms with Crippen molar-refractivity contribution in [3.8, 4) is 6.07 Å². The van der Waals surface area contributed by atoms with Gasteiger partial charge in [0.25, 0.3) is 0 Å². The predicted molar refractivity (Wildman–Crippen MR) is 72.9 cm³/mol. The van der Waals surface area contributed by atoms with Crippen LogP contribution in [0.4, 0.5) is 4.39 Å². The minimum Gasteiger partial charge on any atom is -0.297 e. The third kappa shape index (κ3) is 3.04. The largest absolute Gasteiger partial charge is 0.297 e. The van der Waals surface area contributed by atoms with Gasteiger partial charge in [-0.05, 0) is 12.5 Å². The van der Waals surface area contributed by atoms with Gasteiger partial charge in [-0.1, -0.05) is 19.1 Å². The van der Waals surface area contributed by atoms with E-state index < -0.39 is 0 Å². The first-order chi connectivity index (χ1) is 8.74. The lowest BCUT2D eigenvalue weighted by Crippen LogP contribution is -2.37. The van der Waals surface area contributed by atoms with E-state index in [1.165, 1.54) is 6.07 Å². The highest BCUT2D eigenvalue weighted by Gasteiger charge is 2.20. The summed E-state index contributed by atoms with van der Waals surface area (Å²) in [6, 6.07) is 6.96. The standard InChI is InChI=1S/C14H17FN2S/c1-2-13-10-17(6-7-18-13)9-12-5-3-4-11(8-16)14(12)15/h3-5,13H,2,6-7,9-10H2,1H3. The zero-order valence-corrected chi connectivity index (χ0v) is 11.3. The Bertz CT molecular complexity index is 456. The molecule has 0 aliphatic carbocycles. The number of halogens is 1. The summed E-state index contributed by atoms with van der Waals surface area (Å²) in [4.78, 5) is 2.28. The molecular weight excluding hydrogens is 247 g/mol. The second-order valence-electron chi connectivity index (χ2n) is 4.53. The summed E-state index contributed by atoms with van der Waals surface area (Å²) in [5.74, 6) is 0.754. The van der Waals surface area contributed by atoms with Crippen molar-refractivity contribution < 1.29 is 4.39 Å². The Morgan fingerprint density at radius 2 is 2.39 bits per heavy atom. The van der Waals surface area contributed by atoms with Gasteiger partial charge in [0, 0.05) is 36.2 Å². The molecule has 2 rings (SSSR count). The van der Waals surface area contributed by atoms with Gasteiger partial charge in [-0.15, -0.1) is 0 Å². The molecule has 2 nitrogen and oxygen atoms in total. The van der Waals surface area contributed by atoms with Gasteiger partial charge in [-0.2, -0.15) is 17.0 Å². The first-order valence-electron chi connectivity index (χ1n) is 6.26. The number of nitriles is 1. The third-order valence-corrected chi connectivity index (χ3v) is 4.64. The van der Waals surface area contributed by atoms with E-state index in [0.717, 1.165) is 25.3 Å². The zero-order valence-electron chi connectivity index (χ0n) is 10.5. The Kier molecular flexibility index (Phi) is 4.62. The van der Waals surface area contributed by atoms with E-state index in [1.807, 2.05) is 17.8 Å². The van der Waals surface area contributed by atoms with Crippen molar-refractivity contribution in [3.05, 3.63) is 35.1 Å². The Morgan fingerprint density at radius 1 is 1.56 bits per heavy atom. The molecule has 0 aromatic heterocycles. The van der Waals surface area contributed by atoms with Crippen LogP contribution >= 0.6 is 11.8 Å². The highest BCUT2D eigenvalue weighted by Crippen LogP contribution is 2.23. The average Bonchev–Trinajstić information content (AvgIpc) is 2.41. The van der Waals surface area contributed by atoms with Crippen molar-refractivity contribution in [2.24, 2.45) is 0 Å². The van der Waals surface area contributed by atoms with E-state index in [0.29, 0.717) is 17.4 Å². The maximum Gasteiger partial charge on any atom is 0.145 e. The van der Waals surface area contributed by atoms with Gasteiger partial charge in [0.05, 0.1) is 5.56 Å². The van der Waals surface area contributed by atoms with E-state index in [2.05, 4.69) is 11.8 Å². The molecule has 0 saturated carbocycles. The Labute approximate surface area is 112 Å². The highest BCUT2D eigenvalue weighted by molar-refractivity contribution is 8.00. The molecule has 1 atom stereocenters. The van der Waals surface area contributed by atoms with E-state index in [9.17, 15) is 4.39 Å². The van der Waals surface area contributed by atoms with E-state index in [4.69, 9.17) is 5.26 Å². The molecule has 96 valence electrons. The van der Waals surface area contributed by atoms with E-state index >= 15 is 0 Å². The number of nitrogens with zero attached hydrogens (tertiary/aromatic N) is 2. The molecule has 0 spiro atoms. The second kappa shape index (κ2) is 6.21. The van der Waals surface area contributed by atoms with Crippen LogP contribution in [0.25, 0.3) is 0 Å². The number of rotatable bonds is 3. The smallest absolute Gasteiger partial charge is 0.145 e. The lowest BCUT2D eigenvalue weighted by atomic mass is 10.1. The van der Waals surface area contributed by atoms with Crippen LogP contribution in [-0.4, -0.2) is 29.0 Å². The maximum absolute atomic E-state index is 14.0. The third-order valence-electron chi connectivity index (χ3n) is 3.27. The molecular formula is C14H17FN2S. The monoisotopic (exact) mass is 264 g/mol. The van der Waals surface area contributed by atoms with Gasteiger partial charge in [-0.25, -0.2) is 4.39 Å². The lowest BCUT2D eigenvalue weighted by Gasteiger charge is -2.31. The molecule has 18 heavy (non-hydrogen) atoms. The van der Waals surface area contributed by atoms with Crippen LogP contribution in [0.3, 0.4) is 0 Å². The molecule has 1 aromatic carbocycles. The number of hydrogen-bond acceptors (Lipinski definition) is 3. The van der Waals surface area contributed by atoms with Crippen LogP contribution in [0.2, 0.25) is 0 Å². The van der Waals surface area contributed by atoms with Gasteiger partial charge in [0.15, 0.2) is 0 Å². The summed E-state index contributed by atoms with van der Waals surface area (Å²) >= 11 is 2.00. The van der Waals surface area contributed by atoms with Crippen molar-refractivity contribution in [1.29, 1.82) is 5.26 Å². The molecule has 1 aliphatic rings. The van der Waals surface area contributed by atoms with Crippen LogP contribution in [0, 0.1) is 17.1 Å². The van der Waals surface area contributed by atoms with Gasteiger partial charge < -0.3 is 0 Å². The van der Waals surface area contributed by atoms with Gasteiger partial charge >= 0.3 is 0 Å². The number of benzene rings is 1. The molecule has 1 unspecified atom stereocenters. The molecule has 1 heterocycles. The van der Waals surface area contributed by atoms with E-state index in [1.54, 1.807) is 12.1 Å². The van der Waals surface area contributed by atoms with Crippen LogP contribution in [0.1, 0.15) is 24.5 Å². The minimum atomic E-state index is -0.355. The molecule has 1 saturated heterocycles. The number of thioether (sulfide) groups is 1. The molecule has 1 aliphatic heterocycles. The topological polar surface area (TPSA) is 27.0 Å². The normalized spacial score (nSPS) is 20.6. The predicted octanol–water partition coefficient (Wildman–Crippen LogP) is 3.02. The summed E-state index contributed by atoms with van der Waals surface area (Å²) in [5.41, 5.74) is 0.779. The highest BCUT2D eigenvalue weighted by atomic mass is 32.2. The van der Waals surface area contributed by atoms with Crippen LogP contribution in [-0.2, 0) is 6.54 Å². The molecule has 1 fully saturated rings. The zero-order chi connectivity index (χ0) is 13.0. The molecule has 4 heteroatoms. The number of hydrogen-bond donors (Lipinski definition) is 0. The molecule has 1 aromatic rings. The SMILES string of the molecule is CCC1CN(Cc2cccc(C#N)c2F)CCS1. The summed E-state index contributed by atoms with van der Waals surface area (Å²) in [6.45, 7) is 4.81. The van der Waals surface area contributed by atoms with E-state index in [-0.39, 0.29) is 11.4 Å². The van der Waals surface area contributed by atoms with Crippen molar-refractivity contribution in [2.75, 3.05) is 18.8 Å². The van der Waals surface area contributed by atoms with Crippen molar-refractivity contribution >= 4 is 11.8 Å². The van der Waals surface area contributed by atoms with Gasteiger partial charge in [-0.3, -0.25) is 4.90 Å². The summed E-state index contributed by atoms with van der Waals surface area (Å²) in [5, 5.41) is 9.48. The Hall–Kier alpha value is -1.05. The fourth-order valence-corrected chi connectivity index (χ4v) is 3.45. The van der Waals surface area contributed by atoms with Crippen molar-refractivity contribution in [1.82, 2.24) is 4.90 Å². The van der Waals surface area contributed by atoms with Gasteiger partial charge in [0.2, 0.25) is 0 Å². The second-order valence-corrected chi connectivity index (χ2v) is 5.93. The maximum atomic E-state index is 14.0. The summed E-state index contributed by atoms with van der Waals surface area (Å²) < 4.78 is 14.0. The van der Waals surface area contributed by atoms with Crippen LogP contribution in [0.5, 0.6) is 0 Å². The van der Waals surface area contributed by atoms with Crippen LogP contribution in [0.15, 0.2) is 18.2 Å². The fraction of sp³-hybridized carbons (Fsp3) is 0.500.